The number of aliphatic carboxylic acids is 1. The van der Waals surface area contributed by atoms with Crippen LogP contribution in [-0.2, 0) is 9.53 Å². The Kier molecular flexibility index (Phi) is 4.81. The summed E-state index contributed by atoms with van der Waals surface area (Å²) in [6, 6.07) is 0. The Bertz CT molecular complexity index is 425. The molecule has 0 aromatic heterocycles. The molecule has 0 bridgehead atoms. The first-order valence-electron chi connectivity index (χ1n) is 6.68. The molecule has 0 saturated carbocycles. The summed E-state index contributed by atoms with van der Waals surface area (Å²) in [5.41, 5.74) is -1.41. The molecule has 0 aromatic rings. The zero-order valence-electron chi connectivity index (χ0n) is 12.5. The van der Waals surface area contributed by atoms with Gasteiger partial charge >= 0.3 is 12.1 Å². The molecule has 0 spiro atoms. The highest BCUT2D eigenvalue weighted by Crippen LogP contribution is 2.40. The van der Waals surface area contributed by atoms with Crippen molar-refractivity contribution < 1.29 is 24.5 Å². The summed E-state index contributed by atoms with van der Waals surface area (Å²) in [4.78, 5) is 23.6. The fourth-order valence-electron chi connectivity index (χ4n) is 2.25. The molecular formula is C14H23NO5. The summed E-state index contributed by atoms with van der Waals surface area (Å²) in [5, 5.41) is 19.3. The summed E-state index contributed by atoms with van der Waals surface area (Å²) < 4.78 is 5.31. The molecule has 0 unspecified atom stereocenters. The normalized spacial score (nSPS) is 29.2. The summed E-state index contributed by atoms with van der Waals surface area (Å²) >= 11 is 0. The van der Waals surface area contributed by atoms with E-state index in [-0.39, 0.29) is 13.0 Å². The minimum absolute atomic E-state index is 0.0700. The standard InChI is InChI=1S/C14H23NO5/c1-10(2)6-5-8-13(3)14(4,19)15(12(18)20-13)9-7-11(16)17/h6,19H,5,7-9H2,1-4H3,(H,16,17)/t13-,14-/m1/s1. The maximum atomic E-state index is 11.9. The van der Waals surface area contributed by atoms with Gasteiger partial charge < -0.3 is 14.9 Å². The van der Waals surface area contributed by atoms with Crippen LogP contribution in [0.3, 0.4) is 0 Å². The third kappa shape index (κ3) is 3.30. The molecule has 20 heavy (non-hydrogen) atoms. The predicted octanol–water partition coefficient (Wildman–Crippen LogP) is 2.13. The number of amides is 1. The predicted molar refractivity (Wildman–Crippen MR) is 73.1 cm³/mol. The number of carboxylic acids is 1. The van der Waals surface area contributed by atoms with Gasteiger partial charge in [-0.2, -0.15) is 0 Å². The molecule has 2 atom stereocenters. The fraction of sp³-hybridized carbons (Fsp3) is 0.714. The highest BCUT2D eigenvalue weighted by molar-refractivity contribution is 5.73. The lowest BCUT2D eigenvalue weighted by molar-refractivity contribution is -0.145. The molecule has 1 saturated heterocycles. The molecule has 1 aliphatic rings. The quantitative estimate of drug-likeness (QED) is 0.730. The van der Waals surface area contributed by atoms with Gasteiger partial charge in [0.15, 0.2) is 11.3 Å². The molecule has 0 aliphatic carbocycles. The van der Waals surface area contributed by atoms with Crippen molar-refractivity contribution in [3.63, 3.8) is 0 Å². The van der Waals surface area contributed by atoms with Gasteiger partial charge in [0, 0.05) is 6.54 Å². The fourth-order valence-corrected chi connectivity index (χ4v) is 2.25. The first kappa shape index (κ1) is 16.5. The topological polar surface area (TPSA) is 87.1 Å². The van der Waals surface area contributed by atoms with Crippen LogP contribution in [0.2, 0.25) is 0 Å². The van der Waals surface area contributed by atoms with E-state index in [1.807, 2.05) is 19.9 Å². The maximum Gasteiger partial charge on any atom is 0.412 e. The molecule has 0 aromatic carbocycles. The van der Waals surface area contributed by atoms with Crippen LogP contribution >= 0.6 is 0 Å². The highest BCUT2D eigenvalue weighted by atomic mass is 16.6. The first-order chi connectivity index (χ1) is 9.10. The van der Waals surface area contributed by atoms with E-state index in [1.54, 1.807) is 6.92 Å². The molecule has 1 rings (SSSR count). The molecular weight excluding hydrogens is 262 g/mol. The van der Waals surface area contributed by atoms with Crippen molar-refractivity contribution in [3.05, 3.63) is 11.6 Å². The maximum absolute atomic E-state index is 11.9. The summed E-state index contributed by atoms with van der Waals surface area (Å²) in [6.07, 6.45) is 2.26. The van der Waals surface area contributed by atoms with Crippen molar-refractivity contribution in [1.82, 2.24) is 4.90 Å². The van der Waals surface area contributed by atoms with E-state index in [9.17, 15) is 14.7 Å². The first-order valence-corrected chi connectivity index (χ1v) is 6.68. The number of aliphatic hydroxyl groups is 1. The largest absolute Gasteiger partial charge is 0.481 e. The van der Waals surface area contributed by atoms with E-state index in [4.69, 9.17) is 9.84 Å². The lowest BCUT2D eigenvalue weighted by Gasteiger charge is -2.37. The number of cyclic esters (lactones) is 1. The summed E-state index contributed by atoms with van der Waals surface area (Å²) in [6.45, 7) is 7.03. The number of nitrogens with zero attached hydrogens (tertiary/aromatic N) is 1. The molecule has 1 fully saturated rings. The van der Waals surface area contributed by atoms with Crippen LogP contribution in [0.15, 0.2) is 11.6 Å². The minimum Gasteiger partial charge on any atom is -0.481 e. The molecule has 0 radical (unpaired) electrons. The molecule has 1 heterocycles. The third-order valence-electron chi connectivity index (χ3n) is 3.78. The number of hydrogen-bond donors (Lipinski definition) is 2. The van der Waals surface area contributed by atoms with Crippen molar-refractivity contribution in [2.75, 3.05) is 6.54 Å². The van der Waals surface area contributed by atoms with Crippen LogP contribution in [0.5, 0.6) is 0 Å². The monoisotopic (exact) mass is 285 g/mol. The molecule has 1 aliphatic heterocycles. The number of allylic oxidation sites excluding steroid dienone is 2. The van der Waals surface area contributed by atoms with Gasteiger partial charge in [-0.3, -0.25) is 9.69 Å². The second-order valence-electron chi connectivity index (χ2n) is 5.74. The second kappa shape index (κ2) is 5.83. The van der Waals surface area contributed by atoms with E-state index in [2.05, 4.69) is 0 Å². The molecule has 1 amide bonds. The average molecular weight is 285 g/mol. The van der Waals surface area contributed by atoms with Crippen molar-refractivity contribution >= 4 is 12.1 Å². The number of ether oxygens (including phenoxy) is 1. The zero-order valence-corrected chi connectivity index (χ0v) is 12.5. The molecule has 114 valence electrons. The van der Waals surface area contributed by atoms with Gasteiger partial charge in [-0.15, -0.1) is 0 Å². The zero-order chi connectivity index (χ0) is 15.6. The van der Waals surface area contributed by atoms with Crippen molar-refractivity contribution in [2.45, 2.75) is 58.3 Å². The van der Waals surface area contributed by atoms with E-state index >= 15 is 0 Å². The number of carboxylic acid groups (broad SMARTS) is 1. The Morgan fingerprint density at radius 1 is 1.40 bits per heavy atom. The number of hydrogen-bond acceptors (Lipinski definition) is 4. The van der Waals surface area contributed by atoms with E-state index in [0.717, 1.165) is 10.5 Å². The van der Waals surface area contributed by atoms with Gasteiger partial charge in [0.1, 0.15) is 0 Å². The minimum atomic E-state index is -1.52. The average Bonchev–Trinajstić information content (AvgIpc) is 2.42. The van der Waals surface area contributed by atoms with Crippen LogP contribution in [0.1, 0.15) is 47.0 Å². The van der Waals surface area contributed by atoms with Crippen molar-refractivity contribution in [2.24, 2.45) is 0 Å². The van der Waals surface area contributed by atoms with Gasteiger partial charge in [-0.1, -0.05) is 11.6 Å². The van der Waals surface area contributed by atoms with Gasteiger partial charge in [-0.05, 0) is 40.5 Å². The van der Waals surface area contributed by atoms with Gasteiger partial charge in [0.25, 0.3) is 0 Å². The van der Waals surface area contributed by atoms with E-state index < -0.39 is 23.4 Å². The SMILES string of the molecule is CC(C)=CCC[C@@]1(C)OC(=O)N(CCC(=O)O)[C@]1(C)O. The Hall–Kier alpha value is -1.56. The van der Waals surface area contributed by atoms with E-state index in [1.165, 1.54) is 6.92 Å². The van der Waals surface area contributed by atoms with Gasteiger partial charge in [0.2, 0.25) is 0 Å². The van der Waals surface area contributed by atoms with E-state index in [0.29, 0.717) is 12.8 Å². The Balaban J connectivity index is 2.81. The Morgan fingerprint density at radius 2 is 2.00 bits per heavy atom. The van der Waals surface area contributed by atoms with Crippen LogP contribution in [0.4, 0.5) is 4.79 Å². The van der Waals surface area contributed by atoms with Crippen LogP contribution in [0, 0.1) is 0 Å². The molecule has 6 heteroatoms. The summed E-state index contributed by atoms with van der Waals surface area (Å²) in [7, 11) is 0. The Morgan fingerprint density at radius 3 is 2.50 bits per heavy atom. The lowest BCUT2D eigenvalue weighted by atomic mass is 9.88. The lowest BCUT2D eigenvalue weighted by Crippen LogP contribution is -2.55. The summed E-state index contributed by atoms with van der Waals surface area (Å²) in [5.74, 6) is -1.02. The molecule has 6 nitrogen and oxygen atoms in total. The highest BCUT2D eigenvalue weighted by Gasteiger charge is 2.58. The smallest absolute Gasteiger partial charge is 0.412 e. The number of carbonyl (C=O) groups excluding carboxylic acids is 1. The molecule has 2 N–H and O–H groups in total. The van der Waals surface area contributed by atoms with Crippen molar-refractivity contribution in [1.29, 1.82) is 0 Å². The van der Waals surface area contributed by atoms with Gasteiger partial charge in [0.05, 0.1) is 6.42 Å². The second-order valence-corrected chi connectivity index (χ2v) is 5.74. The van der Waals surface area contributed by atoms with Crippen molar-refractivity contribution in [3.8, 4) is 0 Å². The van der Waals surface area contributed by atoms with Crippen LogP contribution in [0.25, 0.3) is 0 Å². The van der Waals surface area contributed by atoms with Crippen LogP contribution < -0.4 is 0 Å². The Labute approximate surface area is 119 Å². The van der Waals surface area contributed by atoms with Gasteiger partial charge in [-0.25, -0.2) is 4.79 Å². The number of rotatable bonds is 6. The number of carbonyl (C=O) groups is 2. The third-order valence-corrected chi connectivity index (χ3v) is 3.78. The van der Waals surface area contributed by atoms with Crippen LogP contribution in [-0.4, -0.2) is 45.0 Å².